The molecule has 3 aliphatic rings. The van der Waals surface area contributed by atoms with Crippen LogP contribution < -0.4 is 4.90 Å². The SMILES string of the molecule is CCOC(=O)c1cc(N2C(=O)[C@@H]3[C@H](C2=O)[C@H]2C=C[C@H]3O2)ccc1Cl. The number of carbonyl (C=O) groups excluding carboxylic acids is 3. The second kappa shape index (κ2) is 5.43. The summed E-state index contributed by atoms with van der Waals surface area (Å²) in [6, 6.07) is 4.46. The van der Waals surface area contributed by atoms with Gasteiger partial charge in [-0.3, -0.25) is 9.59 Å². The number of halogens is 1. The largest absolute Gasteiger partial charge is 0.462 e. The third-order valence-electron chi connectivity index (χ3n) is 4.61. The second-order valence-corrected chi connectivity index (χ2v) is 6.31. The van der Waals surface area contributed by atoms with Crippen molar-refractivity contribution in [3.05, 3.63) is 40.9 Å². The van der Waals surface area contributed by atoms with E-state index < -0.39 is 17.8 Å². The highest BCUT2D eigenvalue weighted by Gasteiger charge is 2.61. The number of fused-ring (bicyclic) bond motifs is 5. The summed E-state index contributed by atoms with van der Waals surface area (Å²) in [5.74, 6) is -2.19. The Labute approximate surface area is 143 Å². The van der Waals surface area contributed by atoms with Gasteiger partial charge in [-0.2, -0.15) is 0 Å². The van der Waals surface area contributed by atoms with Crippen molar-refractivity contribution in [3.8, 4) is 0 Å². The Balaban J connectivity index is 1.70. The average Bonchev–Trinajstić information content (AvgIpc) is 3.23. The van der Waals surface area contributed by atoms with Crippen LogP contribution in [0.25, 0.3) is 0 Å². The van der Waals surface area contributed by atoms with Gasteiger partial charge >= 0.3 is 5.97 Å². The standard InChI is InChI=1S/C17H14ClNO5/c1-2-23-17(22)9-7-8(3-4-10(9)18)19-15(20)13-11-5-6-12(24-11)14(13)16(19)21/h3-7,11-14H,2H2,1H3/t11-,12-,13-,14+/m1/s1. The molecule has 2 fully saturated rings. The second-order valence-electron chi connectivity index (χ2n) is 5.90. The molecule has 1 aromatic carbocycles. The zero-order valence-electron chi connectivity index (χ0n) is 12.8. The Morgan fingerprint density at radius 3 is 2.42 bits per heavy atom. The topological polar surface area (TPSA) is 72.9 Å². The van der Waals surface area contributed by atoms with E-state index >= 15 is 0 Å². The highest BCUT2D eigenvalue weighted by atomic mass is 35.5. The molecule has 4 rings (SSSR count). The predicted octanol–water partition coefficient (Wildman–Crippen LogP) is 1.96. The van der Waals surface area contributed by atoms with E-state index in [1.54, 1.807) is 13.0 Å². The molecule has 2 amide bonds. The molecule has 0 saturated carbocycles. The first-order valence-corrected chi connectivity index (χ1v) is 8.09. The van der Waals surface area contributed by atoms with Crippen molar-refractivity contribution in [1.82, 2.24) is 0 Å². The van der Waals surface area contributed by atoms with Gasteiger partial charge in [0.25, 0.3) is 0 Å². The number of hydrogen-bond donors (Lipinski definition) is 0. The van der Waals surface area contributed by atoms with Gasteiger partial charge in [0.2, 0.25) is 11.8 Å². The van der Waals surface area contributed by atoms with E-state index in [0.29, 0.717) is 5.69 Å². The van der Waals surface area contributed by atoms with Crippen molar-refractivity contribution in [2.75, 3.05) is 11.5 Å². The molecule has 24 heavy (non-hydrogen) atoms. The molecular weight excluding hydrogens is 334 g/mol. The first-order valence-electron chi connectivity index (χ1n) is 7.71. The molecule has 0 radical (unpaired) electrons. The summed E-state index contributed by atoms with van der Waals surface area (Å²) >= 11 is 6.04. The van der Waals surface area contributed by atoms with Crippen LogP contribution in [0.5, 0.6) is 0 Å². The summed E-state index contributed by atoms with van der Waals surface area (Å²) in [5, 5.41) is 0.210. The number of nitrogens with zero attached hydrogens (tertiary/aromatic N) is 1. The lowest BCUT2D eigenvalue weighted by Crippen LogP contribution is -2.34. The molecule has 3 aliphatic heterocycles. The highest BCUT2D eigenvalue weighted by molar-refractivity contribution is 6.34. The van der Waals surface area contributed by atoms with Crippen LogP contribution in [0, 0.1) is 11.8 Å². The maximum atomic E-state index is 12.7. The Morgan fingerprint density at radius 1 is 1.21 bits per heavy atom. The zero-order chi connectivity index (χ0) is 17.0. The number of hydrogen-bond acceptors (Lipinski definition) is 5. The maximum absolute atomic E-state index is 12.7. The van der Waals surface area contributed by atoms with E-state index in [9.17, 15) is 14.4 Å². The lowest BCUT2D eigenvalue weighted by molar-refractivity contribution is -0.124. The molecular formula is C17H14ClNO5. The minimum atomic E-state index is -0.589. The summed E-state index contributed by atoms with van der Waals surface area (Å²) < 4.78 is 10.6. The van der Waals surface area contributed by atoms with E-state index in [-0.39, 0.29) is 41.2 Å². The number of anilines is 1. The van der Waals surface area contributed by atoms with Crippen LogP contribution >= 0.6 is 11.6 Å². The number of rotatable bonds is 3. The van der Waals surface area contributed by atoms with E-state index in [0.717, 1.165) is 4.90 Å². The summed E-state index contributed by atoms with van der Waals surface area (Å²) in [6.45, 7) is 1.89. The average molecular weight is 348 g/mol. The van der Waals surface area contributed by atoms with Gasteiger partial charge in [-0.05, 0) is 25.1 Å². The molecule has 0 aromatic heterocycles. The fraction of sp³-hybridized carbons (Fsp3) is 0.353. The number of esters is 1. The van der Waals surface area contributed by atoms with Gasteiger partial charge in [-0.1, -0.05) is 23.8 Å². The minimum Gasteiger partial charge on any atom is -0.462 e. The molecule has 0 aliphatic carbocycles. The smallest absolute Gasteiger partial charge is 0.339 e. The van der Waals surface area contributed by atoms with Crippen LogP contribution in [-0.4, -0.2) is 36.6 Å². The van der Waals surface area contributed by atoms with Crippen molar-refractivity contribution in [3.63, 3.8) is 0 Å². The number of amides is 2. The lowest BCUT2D eigenvalue weighted by atomic mass is 9.85. The van der Waals surface area contributed by atoms with Crippen molar-refractivity contribution < 1.29 is 23.9 Å². The van der Waals surface area contributed by atoms with E-state index in [4.69, 9.17) is 21.1 Å². The molecule has 0 unspecified atom stereocenters. The first-order chi connectivity index (χ1) is 11.5. The molecule has 4 atom stereocenters. The molecule has 0 N–H and O–H groups in total. The molecule has 124 valence electrons. The summed E-state index contributed by atoms with van der Waals surface area (Å²) in [6.07, 6.45) is 2.95. The van der Waals surface area contributed by atoms with Crippen LogP contribution in [0.3, 0.4) is 0 Å². The van der Waals surface area contributed by atoms with Gasteiger partial charge in [0, 0.05) is 0 Å². The Bertz CT molecular complexity index is 759. The molecule has 7 heteroatoms. The Hall–Kier alpha value is -2.18. The monoisotopic (exact) mass is 347 g/mol. The molecule has 0 spiro atoms. The van der Waals surface area contributed by atoms with Crippen molar-refractivity contribution in [2.45, 2.75) is 19.1 Å². The van der Waals surface area contributed by atoms with Gasteiger partial charge in [0.15, 0.2) is 0 Å². The fourth-order valence-electron chi connectivity index (χ4n) is 3.58. The number of ether oxygens (including phenoxy) is 2. The highest BCUT2D eigenvalue weighted by Crippen LogP contribution is 2.46. The van der Waals surface area contributed by atoms with Gasteiger partial charge in [-0.15, -0.1) is 0 Å². The quantitative estimate of drug-likeness (QED) is 0.475. The maximum Gasteiger partial charge on any atom is 0.339 e. The normalized spacial score (nSPS) is 30.2. The molecule has 2 bridgehead atoms. The third kappa shape index (κ3) is 2.03. The van der Waals surface area contributed by atoms with Gasteiger partial charge < -0.3 is 9.47 Å². The van der Waals surface area contributed by atoms with Gasteiger partial charge in [-0.25, -0.2) is 9.69 Å². The van der Waals surface area contributed by atoms with Gasteiger partial charge in [0.05, 0.1) is 46.9 Å². The van der Waals surface area contributed by atoms with E-state index in [1.807, 2.05) is 12.2 Å². The predicted molar refractivity (Wildman–Crippen MR) is 84.7 cm³/mol. The summed E-state index contributed by atoms with van der Waals surface area (Å²) in [5.41, 5.74) is 0.456. The zero-order valence-corrected chi connectivity index (χ0v) is 13.5. The first kappa shape index (κ1) is 15.4. The molecule has 3 heterocycles. The number of carbonyl (C=O) groups is 3. The number of benzene rings is 1. The van der Waals surface area contributed by atoms with Crippen LogP contribution in [-0.2, 0) is 19.1 Å². The van der Waals surface area contributed by atoms with E-state index in [1.165, 1.54) is 12.1 Å². The minimum absolute atomic E-state index is 0.131. The van der Waals surface area contributed by atoms with Crippen molar-refractivity contribution >= 4 is 35.1 Å². The Kier molecular flexibility index (Phi) is 3.47. The lowest BCUT2D eigenvalue weighted by Gasteiger charge is -2.18. The summed E-state index contributed by atoms with van der Waals surface area (Å²) in [4.78, 5) is 38.6. The Morgan fingerprint density at radius 2 is 1.83 bits per heavy atom. The summed E-state index contributed by atoms with van der Waals surface area (Å²) in [7, 11) is 0. The molecule has 6 nitrogen and oxygen atoms in total. The van der Waals surface area contributed by atoms with Gasteiger partial charge in [0.1, 0.15) is 0 Å². The van der Waals surface area contributed by atoms with Crippen LogP contribution in [0.2, 0.25) is 5.02 Å². The molecule has 2 saturated heterocycles. The van der Waals surface area contributed by atoms with Crippen molar-refractivity contribution in [2.24, 2.45) is 11.8 Å². The van der Waals surface area contributed by atoms with Crippen LogP contribution in [0.15, 0.2) is 30.4 Å². The number of imide groups is 1. The van der Waals surface area contributed by atoms with Crippen LogP contribution in [0.1, 0.15) is 17.3 Å². The third-order valence-corrected chi connectivity index (χ3v) is 4.94. The van der Waals surface area contributed by atoms with Crippen LogP contribution in [0.4, 0.5) is 5.69 Å². The van der Waals surface area contributed by atoms with E-state index in [2.05, 4.69) is 0 Å². The fourth-order valence-corrected chi connectivity index (χ4v) is 3.77. The van der Waals surface area contributed by atoms with Crippen molar-refractivity contribution in [1.29, 1.82) is 0 Å². The molecule has 1 aromatic rings.